The second kappa shape index (κ2) is 6.44. The number of benzene rings is 6. The molecule has 0 bridgehead atoms. The molecule has 0 aliphatic carbocycles. The third-order valence-electron chi connectivity index (χ3n) is 6.06. The maximum absolute atomic E-state index is 9.99. The molecule has 6 rings (SSSR count). The highest BCUT2D eigenvalue weighted by Crippen LogP contribution is 2.44. The van der Waals surface area contributed by atoms with E-state index >= 15 is 0 Å². The van der Waals surface area contributed by atoms with Crippen LogP contribution in [0.2, 0.25) is 0 Å². The van der Waals surface area contributed by atoms with Gasteiger partial charge in [0, 0.05) is 10.8 Å². The van der Waals surface area contributed by atoms with Crippen molar-refractivity contribution in [1.29, 1.82) is 5.26 Å². The molecule has 0 aliphatic rings. The molecule has 0 amide bonds. The van der Waals surface area contributed by atoms with Gasteiger partial charge in [-0.25, -0.2) is 0 Å². The minimum absolute atomic E-state index is 0.745. The maximum Gasteiger partial charge on any atom is 0.100 e. The van der Waals surface area contributed by atoms with E-state index in [9.17, 15) is 5.26 Å². The first-order valence-electron chi connectivity index (χ1n) is 10.1. The Morgan fingerprint density at radius 2 is 0.800 bits per heavy atom. The topological polar surface area (TPSA) is 23.8 Å². The molecule has 30 heavy (non-hydrogen) atoms. The standard InChI is InChI=1S/C29H17N/c30-18-27-23-13-5-7-15-25(23)29(26-16-8-6-14-24(26)27)28-21-11-3-1-9-19(21)17-20-10-2-4-12-22(20)28/h1-17H. The van der Waals surface area contributed by atoms with E-state index in [0.717, 1.165) is 27.1 Å². The first kappa shape index (κ1) is 16.8. The summed E-state index contributed by atoms with van der Waals surface area (Å²) < 4.78 is 0. The zero-order valence-electron chi connectivity index (χ0n) is 16.3. The smallest absolute Gasteiger partial charge is 0.100 e. The molecule has 1 heteroatoms. The van der Waals surface area contributed by atoms with Gasteiger partial charge in [-0.15, -0.1) is 0 Å². The summed E-state index contributed by atoms with van der Waals surface area (Å²) in [4.78, 5) is 0. The van der Waals surface area contributed by atoms with E-state index in [1.165, 1.54) is 32.7 Å². The molecule has 0 atom stereocenters. The van der Waals surface area contributed by atoms with Crippen molar-refractivity contribution in [2.75, 3.05) is 0 Å². The summed E-state index contributed by atoms with van der Waals surface area (Å²) >= 11 is 0. The molecular formula is C29H17N. The minimum Gasteiger partial charge on any atom is -0.192 e. The average molecular weight is 379 g/mol. The average Bonchev–Trinajstić information content (AvgIpc) is 2.81. The number of nitriles is 1. The first-order chi connectivity index (χ1) is 14.9. The molecule has 6 aromatic rings. The molecule has 0 fully saturated rings. The van der Waals surface area contributed by atoms with Gasteiger partial charge in [-0.1, -0.05) is 97.1 Å². The van der Waals surface area contributed by atoms with Crippen molar-refractivity contribution in [3.63, 3.8) is 0 Å². The zero-order chi connectivity index (χ0) is 20.1. The van der Waals surface area contributed by atoms with Crippen LogP contribution >= 0.6 is 0 Å². The molecule has 0 aliphatic heterocycles. The van der Waals surface area contributed by atoms with Crippen LogP contribution in [0.3, 0.4) is 0 Å². The van der Waals surface area contributed by atoms with Gasteiger partial charge in [-0.2, -0.15) is 5.26 Å². The van der Waals surface area contributed by atoms with Gasteiger partial charge in [0.25, 0.3) is 0 Å². The van der Waals surface area contributed by atoms with Crippen LogP contribution in [0.1, 0.15) is 5.56 Å². The highest BCUT2D eigenvalue weighted by atomic mass is 14.3. The molecule has 0 N–H and O–H groups in total. The second-order valence-electron chi connectivity index (χ2n) is 7.65. The SMILES string of the molecule is N#Cc1c2ccccc2c(-c2c3ccccc3cc3ccccc23)c2ccccc12. The minimum atomic E-state index is 0.745. The second-order valence-corrected chi connectivity index (χ2v) is 7.65. The Hall–Kier alpha value is -4.15. The summed E-state index contributed by atoms with van der Waals surface area (Å²) in [6.07, 6.45) is 0. The van der Waals surface area contributed by atoms with Gasteiger partial charge >= 0.3 is 0 Å². The van der Waals surface area contributed by atoms with Crippen LogP contribution in [0.5, 0.6) is 0 Å². The van der Waals surface area contributed by atoms with Crippen LogP contribution in [0, 0.1) is 11.3 Å². The van der Waals surface area contributed by atoms with Gasteiger partial charge in [0.05, 0.1) is 5.56 Å². The van der Waals surface area contributed by atoms with E-state index in [1.807, 2.05) is 12.1 Å². The number of hydrogen-bond donors (Lipinski definition) is 0. The van der Waals surface area contributed by atoms with Gasteiger partial charge in [0.15, 0.2) is 0 Å². The lowest BCUT2D eigenvalue weighted by molar-refractivity contribution is 1.52. The monoisotopic (exact) mass is 379 g/mol. The summed E-state index contributed by atoms with van der Waals surface area (Å²) in [6, 6.07) is 38.5. The van der Waals surface area contributed by atoms with E-state index < -0.39 is 0 Å². The summed E-state index contributed by atoms with van der Waals surface area (Å²) in [5, 5.41) is 19.2. The Morgan fingerprint density at radius 1 is 0.433 bits per heavy atom. The Labute approximate surface area is 174 Å². The Balaban J connectivity index is 1.97. The van der Waals surface area contributed by atoms with Crippen LogP contribution < -0.4 is 0 Å². The molecule has 0 spiro atoms. The van der Waals surface area contributed by atoms with Crippen molar-refractivity contribution in [3.8, 4) is 17.2 Å². The Morgan fingerprint density at radius 3 is 1.27 bits per heavy atom. The van der Waals surface area contributed by atoms with Crippen molar-refractivity contribution in [2.24, 2.45) is 0 Å². The third kappa shape index (κ3) is 2.28. The van der Waals surface area contributed by atoms with Crippen LogP contribution in [-0.2, 0) is 0 Å². The Bertz CT molecular complexity index is 1540. The van der Waals surface area contributed by atoms with Crippen molar-refractivity contribution in [3.05, 3.63) is 109 Å². The van der Waals surface area contributed by atoms with E-state index in [1.54, 1.807) is 0 Å². The molecule has 6 aromatic carbocycles. The van der Waals surface area contributed by atoms with E-state index in [0.29, 0.717) is 0 Å². The molecule has 0 heterocycles. The number of nitrogens with zero attached hydrogens (tertiary/aromatic N) is 1. The van der Waals surface area contributed by atoms with Crippen LogP contribution in [-0.4, -0.2) is 0 Å². The predicted molar refractivity (Wildman–Crippen MR) is 127 cm³/mol. The summed E-state index contributed by atoms with van der Waals surface area (Å²) in [5.41, 5.74) is 3.18. The number of rotatable bonds is 1. The quantitative estimate of drug-likeness (QED) is 0.267. The molecule has 1 nitrogen and oxygen atoms in total. The number of fused-ring (bicyclic) bond motifs is 4. The van der Waals surface area contributed by atoms with Crippen LogP contribution in [0.4, 0.5) is 0 Å². The number of hydrogen-bond acceptors (Lipinski definition) is 1. The lowest BCUT2D eigenvalue weighted by Crippen LogP contribution is -1.92. The van der Waals surface area contributed by atoms with Gasteiger partial charge in [0.1, 0.15) is 6.07 Å². The van der Waals surface area contributed by atoms with E-state index in [4.69, 9.17) is 0 Å². The van der Waals surface area contributed by atoms with Crippen LogP contribution in [0.25, 0.3) is 54.2 Å². The molecule has 0 aromatic heterocycles. The summed E-state index contributed by atoms with van der Waals surface area (Å²) in [5.74, 6) is 0. The molecule has 0 radical (unpaired) electrons. The van der Waals surface area contributed by atoms with E-state index in [2.05, 4.69) is 97.1 Å². The molecule has 0 saturated carbocycles. The maximum atomic E-state index is 9.99. The van der Waals surface area contributed by atoms with Crippen molar-refractivity contribution >= 4 is 43.1 Å². The molecule has 0 saturated heterocycles. The third-order valence-corrected chi connectivity index (χ3v) is 6.06. The van der Waals surface area contributed by atoms with Gasteiger partial charge in [-0.3, -0.25) is 0 Å². The summed E-state index contributed by atoms with van der Waals surface area (Å²) in [6.45, 7) is 0. The zero-order valence-corrected chi connectivity index (χ0v) is 16.3. The molecule has 138 valence electrons. The summed E-state index contributed by atoms with van der Waals surface area (Å²) in [7, 11) is 0. The fraction of sp³-hybridized carbons (Fsp3) is 0. The van der Waals surface area contributed by atoms with Gasteiger partial charge in [0.2, 0.25) is 0 Å². The normalized spacial score (nSPS) is 11.3. The lowest BCUT2D eigenvalue weighted by Gasteiger charge is -2.18. The fourth-order valence-electron chi connectivity index (χ4n) is 4.80. The van der Waals surface area contributed by atoms with Crippen LogP contribution in [0.15, 0.2) is 103 Å². The fourth-order valence-corrected chi connectivity index (χ4v) is 4.80. The predicted octanol–water partition coefficient (Wildman–Crippen LogP) is 7.84. The van der Waals surface area contributed by atoms with Gasteiger partial charge in [-0.05, 0) is 49.5 Å². The van der Waals surface area contributed by atoms with E-state index in [-0.39, 0.29) is 0 Å². The highest BCUT2D eigenvalue weighted by Gasteiger charge is 2.18. The largest absolute Gasteiger partial charge is 0.192 e. The van der Waals surface area contributed by atoms with Crippen molar-refractivity contribution < 1.29 is 0 Å². The molecular weight excluding hydrogens is 362 g/mol. The van der Waals surface area contributed by atoms with Crippen molar-refractivity contribution in [1.82, 2.24) is 0 Å². The highest BCUT2D eigenvalue weighted by molar-refractivity contribution is 6.24. The molecule has 0 unspecified atom stereocenters. The Kier molecular flexibility index (Phi) is 3.60. The van der Waals surface area contributed by atoms with Crippen molar-refractivity contribution in [2.45, 2.75) is 0 Å². The lowest BCUT2D eigenvalue weighted by atomic mass is 9.84. The first-order valence-corrected chi connectivity index (χ1v) is 10.1. The van der Waals surface area contributed by atoms with Gasteiger partial charge < -0.3 is 0 Å².